The molecule has 5 nitrogen and oxygen atoms in total. The van der Waals surface area contributed by atoms with Crippen molar-refractivity contribution in [3.8, 4) is 0 Å². The van der Waals surface area contributed by atoms with Crippen molar-refractivity contribution in [3.05, 3.63) is 70.8 Å². The first-order chi connectivity index (χ1) is 15.1. The number of nitrogens with one attached hydrogen (secondary N) is 1. The Kier molecular flexibility index (Phi) is 7.28. The quantitative estimate of drug-likeness (QED) is 0.417. The fraction of sp³-hybridized carbons (Fsp3) is 0.348. The number of benzene rings is 2. The van der Waals surface area contributed by atoms with Gasteiger partial charge in [0.1, 0.15) is 0 Å². The lowest BCUT2D eigenvalue weighted by atomic mass is 9.93. The van der Waals surface area contributed by atoms with Crippen molar-refractivity contribution >= 4 is 21.7 Å². The number of sulfonamides is 1. The van der Waals surface area contributed by atoms with Crippen molar-refractivity contribution in [3.63, 3.8) is 0 Å². The van der Waals surface area contributed by atoms with Gasteiger partial charge in [-0.25, -0.2) is 13.2 Å². The topological polar surface area (TPSA) is 72.5 Å². The smallest absolute Gasteiger partial charge is 0.416 e. The minimum atomic E-state index is -4.53. The first kappa shape index (κ1) is 23.8. The SMILES string of the molecule is COC(=O)c1ccc(S(=O)(=O)Nc2ccc(C(F)(F)F)cc2CCC2=CCCCC2)cc1. The largest absolute Gasteiger partial charge is 0.465 e. The number of aryl methyl sites for hydroxylation is 1. The van der Waals surface area contributed by atoms with E-state index in [9.17, 15) is 26.4 Å². The molecule has 2 aromatic carbocycles. The molecule has 0 fully saturated rings. The van der Waals surface area contributed by atoms with E-state index in [1.807, 2.05) is 0 Å². The molecule has 0 heterocycles. The van der Waals surface area contributed by atoms with Crippen LogP contribution >= 0.6 is 0 Å². The van der Waals surface area contributed by atoms with E-state index in [1.165, 1.54) is 36.9 Å². The minimum Gasteiger partial charge on any atom is -0.465 e. The summed E-state index contributed by atoms with van der Waals surface area (Å²) in [5.41, 5.74) is 0.923. The molecule has 0 bridgehead atoms. The molecule has 3 rings (SSSR count). The van der Waals surface area contributed by atoms with Gasteiger partial charge in [0.05, 0.1) is 28.8 Å². The Balaban J connectivity index is 1.87. The van der Waals surface area contributed by atoms with Crippen LogP contribution in [-0.4, -0.2) is 21.5 Å². The lowest BCUT2D eigenvalue weighted by molar-refractivity contribution is -0.137. The van der Waals surface area contributed by atoms with Crippen molar-refractivity contribution in [2.75, 3.05) is 11.8 Å². The molecule has 0 spiro atoms. The molecular formula is C23H24F3NO4S. The molecule has 0 radical (unpaired) electrons. The molecule has 0 aromatic heterocycles. The molecule has 0 saturated carbocycles. The van der Waals surface area contributed by atoms with Crippen LogP contribution in [0.25, 0.3) is 0 Å². The standard InChI is InChI=1S/C23H24F3NO4S/c1-31-22(28)17-9-12-20(13-10-17)32(29,30)27-21-14-11-19(23(24,25)26)15-18(21)8-7-16-5-3-2-4-6-16/h5,9-15,27H,2-4,6-8H2,1H3. The average Bonchev–Trinajstić information content (AvgIpc) is 2.77. The van der Waals surface area contributed by atoms with E-state index < -0.39 is 27.7 Å². The predicted molar refractivity (Wildman–Crippen MR) is 115 cm³/mol. The maximum absolute atomic E-state index is 13.2. The number of methoxy groups -OCH3 is 1. The summed E-state index contributed by atoms with van der Waals surface area (Å²) in [7, 11) is -2.86. The minimum absolute atomic E-state index is 0.103. The lowest BCUT2D eigenvalue weighted by Crippen LogP contribution is -2.15. The zero-order chi connectivity index (χ0) is 23.4. The molecular weight excluding hydrogens is 443 g/mol. The van der Waals surface area contributed by atoms with E-state index in [0.717, 1.165) is 43.9 Å². The predicted octanol–water partition coefficient (Wildman–Crippen LogP) is 5.73. The molecule has 0 unspecified atom stereocenters. The van der Waals surface area contributed by atoms with Gasteiger partial charge in [0.25, 0.3) is 10.0 Å². The van der Waals surface area contributed by atoms with Gasteiger partial charge in [-0.1, -0.05) is 11.6 Å². The molecule has 1 N–H and O–H groups in total. The van der Waals surface area contributed by atoms with Gasteiger partial charge >= 0.3 is 12.1 Å². The van der Waals surface area contributed by atoms with Gasteiger partial charge in [0, 0.05) is 0 Å². The third-order valence-corrected chi connectivity index (χ3v) is 6.74. The van der Waals surface area contributed by atoms with Gasteiger partial charge < -0.3 is 4.74 Å². The van der Waals surface area contributed by atoms with E-state index in [-0.39, 0.29) is 28.1 Å². The monoisotopic (exact) mass is 467 g/mol. The number of allylic oxidation sites excluding steroid dienone is 2. The summed E-state index contributed by atoms with van der Waals surface area (Å²) < 4.78 is 72.4. The molecule has 1 aliphatic carbocycles. The molecule has 0 amide bonds. The van der Waals surface area contributed by atoms with Crippen LogP contribution in [0.3, 0.4) is 0 Å². The van der Waals surface area contributed by atoms with Crippen LogP contribution in [-0.2, 0) is 27.4 Å². The zero-order valence-electron chi connectivity index (χ0n) is 17.5. The number of hydrogen-bond donors (Lipinski definition) is 1. The fourth-order valence-electron chi connectivity index (χ4n) is 3.60. The number of hydrogen-bond acceptors (Lipinski definition) is 4. The Morgan fingerprint density at radius 2 is 1.78 bits per heavy atom. The van der Waals surface area contributed by atoms with Crippen molar-refractivity contribution in [1.82, 2.24) is 0 Å². The number of carbonyl (C=O) groups excluding carboxylic acids is 1. The molecule has 2 aromatic rings. The maximum atomic E-state index is 13.2. The molecule has 1 aliphatic rings. The molecule has 0 aliphatic heterocycles. The van der Waals surface area contributed by atoms with Gasteiger partial charge in [-0.05, 0) is 86.6 Å². The molecule has 9 heteroatoms. The van der Waals surface area contributed by atoms with E-state index in [4.69, 9.17) is 0 Å². The number of rotatable bonds is 7. The highest BCUT2D eigenvalue weighted by Gasteiger charge is 2.31. The molecule has 0 atom stereocenters. The van der Waals surface area contributed by atoms with Crippen molar-refractivity contribution in [2.45, 2.75) is 49.6 Å². The summed E-state index contributed by atoms with van der Waals surface area (Å²) >= 11 is 0. The van der Waals surface area contributed by atoms with Crippen LogP contribution in [0, 0.1) is 0 Å². The normalized spacial score (nSPS) is 14.6. The average molecular weight is 468 g/mol. The summed E-state index contributed by atoms with van der Waals surface area (Å²) in [4.78, 5) is 11.4. The van der Waals surface area contributed by atoms with Crippen molar-refractivity contribution in [2.24, 2.45) is 0 Å². The molecule has 32 heavy (non-hydrogen) atoms. The Morgan fingerprint density at radius 3 is 2.38 bits per heavy atom. The van der Waals surface area contributed by atoms with Crippen LogP contribution in [0.1, 0.15) is 53.6 Å². The van der Waals surface area contributed by atoms with Gasteiger partial charge in [-0.15, -0.1) is 0 Å². The summed E-state index contributed by atoms with van der Waals surface area (Å²) in [6.45, 7) is 0. The number of alkyl halides is 3. The highest BCUT2D eigenvalue weighted by molar-refractivity contribution is 7.92. The number of anilines is 1. The van der Waals surface area contributed by atoms with Crippen LogP contribution in [0.4, 0.5) is 18.9 Å². The number of ether oxygens (including phenoxy) is 1. The van der Waals surface area contributed by atoms with Crippen LogP contribution in [0.5, 0.6) is 0 Å². The maximum Gasteiger partial charge on any atom is 0.416 e. The van der Waals surface area contributed by atoms with E-state index in [0.29, 0.717) is 6.42 Å². The highest BCUT2D eigenvalue weighted by atomic mass is 32.2. The van der Waals surface area contributed by atoms with Crippen molar-refractivity contribution in [1.29, 1.82) is 0 Å². The Bertz CT molecular complexity index is 1110. The third-order valence-electron chi connectivity index (χ3n) is 5.36. The second kappa shape index (κ2) is 9.77. The second-order valence-corrected chi connectivity index (χ2v) is 9.28. The Labute approximate surface area is 185 Å². The lowest BCUT2D eigenvalue weighted by Gasteiger charge is -2.17. The first-order valence-electron chi connectivity index (χ1n) is 10.2. The van der Waals surface area contributed by atoms with Gasteiger partial charge in [0.15, 0.2) is 0 Å². The third kappa shape index (κ3) is 5.91. The molecule has 172 valence electrons. The summed E-state index contributed by atoms with van der Waals surface area (Å²) in [6, 6.07) is 8.11. The van der Waals surface area contributed by atoms with Gasteiger partial charge in [-0.2, -0.15) is 13.2 Å². The summed E-state index contributed by atoms with van der Waals surface area (Å²) in [5, 5.41) is 0. The van der Waals surface area contributed by atoms with Crippen LogP contribution in [0.2, 0.25) is 0 Å². The fourth-order valence-corrected chi connectivity index (χ4v) is 4.70. The van der Waals surface area contributed by atoms with Crippen LogP contribution < -0.4 is 4.72 Å². The van der Waals surface area contributed by atoms with E-state index in [1.54, 1.807) is 0 Å². The number of esters is 1. The zero-order valence-corrected chi connectivity index (χ0v) is 18.4. The van der Waals surface area contributed by atoms with E-state index in [2.05, 4.69) is 15.5 Å². The van der Waals surface area contributed by atoms with Crippen molar-refractivity contribution < 1.29 is 31.1 Å². The number of halogens is 3. The second-order valence-electron chi connectivity index (χ2n) is 7.60. The Hall–Kier alpha value is -2.81. The molecule has 0 saturated heterocycles. The van der Waals surface area contributed by atoms with Crippen LogP contribution in [0.15, 0.2) is 59.0 Å². The van der Waals surface area contributed by atoms with Gasteiger partial charge in [0.2, 0.25) is 0 Å². The van der Waals surface area contributed by atoms with Gasteiger partial charge in [-0.3, -0.25) is 4.72 Å². The number of carbonyl (C=O) groups is 1. The Morgan fingerprint density at radius 1 is 1.06 bits per heavy atom. The summed E-state index contributed by atoms with van der Waals surface area (Å²) in [5.74, 6) is -0.607. The first-order valence-corrected chi connectivity index (χ1v) is 11.7. The summed E-state index contributed by atoms with van der Waals surface area (Å²) in [6.07, 6.45) is 2.47. The highest BCUT2D eigenvalue weighted by Crippen LogP contribution is 2.34. The van der Waals surface area contributed by atoms with E-state index >= 15 is 0 Å².